The van der Waals surface area contributed by atoms with Crippen LogP contribution >= 0.6 is 11.6 Å². The molecule has 1 N–H and O–H groups in total. The molecular formula is C22H19ClN2O5S. The second kappa shape index (κ2) is 9.20. The Morgan fingerprint density at radius 2 is 1.55 bits per heavy atom. The highest BCUT2D eigenvalue weighted by molar-refractivity contribution is 7.92. The van der Waals surface area contributed by atoms with E-state index in [4.69, 9.17) is 11.6 Å². The molecule has 3 aromatic rings. The van der Waals surface area contributed by atoms with Crippen LogP contribution in [0, 0.1) is 0 Å². The second-order valence-corrected chi connectivity index (χ2v) is 8.85. The van der Waals surface area contributed by atoms with Crippen molar-refractivity contribution in [1.82, 2.24) is 0 Å². The number of sulfonamides is 1. The molecule has 7 nitrogen and oxygen atoms in total. The number of rotatable bonds is 6. The van der Waals surface area contributed by atoms with Gasteiger partial charge in [-0.1, -0.05) is 29.8 Å². The van der Waals surface area contributed by atoms with Gasteiger partial charge in [-0.3, -0.25) is 9.10 Å². The summed E-state index contributed by atoms with van der Waals surface area (Å²) in [5, 5.41) is 2.85. The van der Waals surface area contributed by atoms with Gasteiger partial charge in [0.05, 0.1) is 34.0 Å². The Labute approximate surface area is 185 Å². The van der Waals surface area contributed by atoms with Gasteiger partial charge in [0, 0.05) is 12.6 Å². The van der Waals surface area contributed by atoms with E-state index in [2.05, 4.69) is 10.1 Å². The summed E-state index contributed by atoms with van der Waals surface area (Å²) in [6.45, 7) is 0. The molecule has 3 aromatic carbocycles. The normalized spacial score (nSPS) is 10.9. The van der Waals surface area contributed by atoms with Crippen molar-refractivity contribution < 1.29 is 22.7 Å². The summed E-state index contributed by atoms with van der Waals surface area (Å²) in [6.07, 6.45) is 0. The topological polar surface area (TPSA) is 92.8 Å². The lowest BCUT2D eigenvalue weighted by Crippen LogP contribution is -2.26. The molecule has 0 heterocycles. The summed E-state index contributed by atoms with van der Waals surface area (Å²) in [5.74, 6) is -1.08. The number of nitrogens with one attached hydrogen (secondary N) is 1. The van der Waals surface area contributed by atoms with E-state index in [0.717, 1.165) is 0 Å². The van der Waals surface area contributed by atoms with Gasteiger partial charge >= 0.3 is 5.97 Å². The first-order valence-electron chi connectivity index (χ1n) is 9.07. The summed E-state index contributed by atoms with van der Waals surface area (Å²) in [5.41, 5.74) is 1.20. The SMILES string of the molecule is COC(=O)c1ccc(Cl)c(NC(=O)c2ccc(S(=O)(=O)N(C)c3ccccc3)cc2)c1. The van der Waals surface area contributed by atoms with Crippen LogP contribution in [0.3, 0.4) is 0 Å². The lowest BCUT2D eigenvalue weighted by molar-refractivity contribution is 0.0600. The fourth-order valence-corrected chi connectivity index (χ4v) is 4.13. The lowest BCUT2D eigenvalue weighted by atomic mass is 10.1. The molecule has 160 valence electrons. The molecule has 0 fully saturated rings. The van der Waals surface area contributed by atoms with Gasteiger partial charge in [0.2, 0.25) is 0 Å². The largest absolute Gasteiger partial charge is 0.465 e. The molecule has 9 heteroatoms. The number of hydrogen-bond donors (Lipinski definition) is 1. The number of para-hydroxylation sites is 1. The van der Waals surface area contributed by atoms with Crippen LogP contribution in [0.4, 0.5) is 11.4 Å². The molecule has 1 amide bonds. The number of carbonyl (C=O) groups is 2. The number of methoxy groups -OCH3 is 1. The Hall–Kier alpha value is -3.36. The predicted molar refractivity (Wildman–Crippen MR) is 119 cm³/mol. The number of ether oxygens (including phenoxy) is 1. The first kappa shape index (κ1) is 22.3. The van der Waals surface area contributed by atoms with E-state index in [0.29, 0.717) is 5.69 Å². The van der Waals surface area contributed by atoms with Crippen LogP contribution in [-0.2, 0) is 14.8 Å². The van der Waals surface area contributed by atoms with Crippen LogP contribution in [-0.4, -0.2) is 34.5 Å². The fraction of sp³-hybridized carbons (Fsp3) is 0.0909. The Balaban J connectivity index is 1.80. The summed E-state index contributed by atoms with van der Waals surface area (Å²) >= 11 is 6.10. The van der Waals surface area contributed by atoms with Crippen LogP contribution in [0.15, 0.2) is 77.7 Å². The summed E-state index contributed by atoms with van der Waals surface area (Å²) in [6, 6.07) is 18.5. The molecule has 0 atom stereocenters. The highest BCUT2D eigenvalue weighted by Crippen LogP contribution is 2.25. The van der Waals surface area contributed by atoms with E-state index in [1.54, 1.807) is 30.3 Å². The second-order valence-electron chi connectivity index (χ2n) is 6.47. The number of hydrogen-bond acceptors (Lipinski definition) is 5. The molecule has 3 rings (SSSR count). The van der Waals surface area contributed by atoms with E-state index in [-0.39, 0.29) is 26.7 Å². The zero-order valence-electron chi connectivity index (χ0n) is 16.7. The zero-order valence-corrected chi connectivity index (χ0v) is 18.3. The highest BCUT2D eigenvalue weighted by atomic mass is 35.5. The third kappa shape index (κ3) is 4.87. The molecule has 0 saturated carbocycles. The van der Waals surface area contributed by atoms with Gasteiger partial charge in [-0.15, -0.1) is 0 Å². The van der Waals surface area contributed by atoms with E-state index < -0.39 is 21.9 Å². The van der Waals surface area contributed by atoms with Gasteiger partial charge in [0.15, 0.2) is 0 Å². The quantitative estimate of drug-likeness (QED) is 0.559. The molecule has 0 unspecified atom stereocenters. The average molecular weight is 459 g/mol. The molecular weight excluding hydrogens is 440 g/mol. The molecule has 0 radical (unpaired) electrons. The third-order valence-electron chi connectivity index (χ3n) is 4.53. The van der Waals surface area contributed by atoms with Crippen molar-refractivity contribution in [3.05, 3.63) is 88.9 Å². The number of esters is 1. The van der Waals surface area contributed by atoms with Crippen molar-refractivity contribution in [2.24, 2.45) is 0 Å². The van der Waals surface area contributed by atoms with Gasteiger partial charge in [0.1, 0.15) is 0 Å². The molecule has 0 aliphatic heterocycles. The van der Waals surface area contributed by atoms with Crippen molar-refractivity contribution in [2.75, 3.05) is 23.8 Å². The van der Waals surface area contributed by atoms with Crippen LogP contribution in [0.25, 0.3) is 0 Å². The van der Waals surface area contributed by atoms with Crippen molar-refractivity contribution in [3.63, 3.8) is 0 Å². The first-order chi connectivity index (χ1) is 14.7. The molecule has 0 aliphatic carbocycles. The van der Waals surface area contributed by atoms with E-state index in [1.165, 1.54) is 60.9 Å². The van der Waals surface area contributed by atoms with E-state index in [1.807, 2.05) is 0 Å². The fourth-order valence-electron chi connectivity index (χ4n) is 2.77. The summed E-state index contributed by atoms with van der Waals surface area (Å²) in [4.78, 5) is 24.3. The molecule has 0 spiro atoms. The number of anilines is 2. The summed E-state index contributed by atoms with van der Waals surface area (Å²) in [7, 11) is -1.08. The van der Waals surface area contributed by atoms with Gasteiger partial charge in [0.25, 0.3) is 15.9 Å². The van der Waals surface area contributed by atoms with Crippen LogP contribution in [0.5, 0.6) is 0 Å². The number of carbonyl (C=O) groups excluding carboxylic acids is 2. The minimum atomic E-state index is -3.79. The van der Waals surface area contributed by atoms with Gasteiger partial charge in [-0.25, -0.2) is 13.2 Å². The van der Waals surface area contributed by atoms with Crippen LogP contribution in [0.1, 0.15) is 20.7 Å². The Bertz CT molecular complexity index is 1210. The van der Waals surface area contributed by atoms with Crippen molar-refractivity contribution >= 4 is 44.9 Å². The predicted octanol–water partition coefficient (Wildman–Crippen LogP) is 4.20. The standard InChI is InChI=1S/C22H19ClN2O5S/c1-25(17-6-4-3-5-7-17)31(28,29)18-11-8-15(9-12-18)21(26)24-20-14-16(22(27)30-2)10-13-19(20)23/h3-14H,1-2H3,(H,24,26). The third-order valence-corrected chi connectivity index (χ3v) is 6.66. The smallest absolute Gasteiger partial charge is 0.337 e. The van der Waals surface area contributed by atoms with Gasteiger partial charge in [-0.05, 0) is 54.6 Å². The van der Waals surface area contributed by atoms with E-state index >= 15 is 0 Å². The monoisotopic (exact) mass is 458 g/mol. The van der Waals surface area contributed by atoms with Crippen molar-refractivity contribution in [2.45, 2.75) is 4.90 Å². The number of nitrogens with zero attached hydrogens (tertiary/aromatic N) is 1. The van der Waals surface area contributed by atoms with Gasteiger partial charge in [-0.2, -0.15) is 0 Å². The number of benzene rings is 3. The minimum absolute atomic E-state index is 0.0427. The Morgan fingerprint density at radius 1 is 0.935 bits per heavy atom. The average Bonchev–Trinajstić information content (AvgIpc) is 2.80. The van der Waals surface area contributed by atoms with Crippen LogP contribution < -0.4 is 9.62 Å². The Kier molecular flexibility index (Phi) is 6.62. The van der Waals surface area contributed by atoms with E-state index in [9.17, 15) is 18.0 Å². The number of halogens is 1. The maximum absolute atomic E-state index is 12.8. The van der Waals surface area contributed by atoms with Crippen LogP contribution in [0.2, 0.25) is 5.02 Å². The Morgan fingerprint density at radius 3 is 2.16 bits per heavy atom. The van der Waals surface area contributed by atoms with Crippen molar-refractivity contribution in [3.8, 4) is 0 Å². The first-order valence-corrected chi connectivity index (χ1v) is 10.9. The maximum atomic E-state index is 12.8. The molecule has 0 aliphatic rings. The highest BCUT2D eigenvalue weighted by Gasteiger charge is 2.21. The summed E-state index contributed by atoms with van der Waals surface area (Å²) < 4.78 is 31.5. The molecule has 0 bridgehead atoms. The maximum Gasteiger partial charge on any atom is 0.337 e. The molecule has 0 aromatic heterocycles. The molecule has 31 heavy (non-hydrogen) atoms. The van der Waals surface area contributed by atoms with Gasteiger partial charge < -0.3 is 10.1 Å². The molecule has 0 saturated heterocycles. The number of amides is 1. The van der Waals surface area contributed by atoms with Crippen molar-refractivity contribution in [1.29, 1.82) is 0 Å². The zero-order chi connectivity index (χ0) is 22.6. The minimum Gasteiger partial charge on any atom is -0.465 e. The lowest BCUT2D eigenvalue weighted by Gasteiger charge is -2.19.